The Balaban J connectivity index is 3.41. The van der Waals surface area contributed by atoms with E-state index in [1.165, 1.54) is 263 Å². The van der Waals surface area contributed by atoms with E-state index >= 15 is 0 Å². The Labute approximate surface area is 419 Å². The summed E-state index contributed by atoms with van der Waals surface area (Å²) in [5.74, 6) is -0.0418. The summed E-state index contributed by atoms with van der Waals surface area (Å²) in [6, 6.07) is -0.548. The van der Waals surface area contributed by atoms with E-state index in [4.69, 9.17) is 4.74 Å². The summed E-state index contributed by atoms with van der Waals surface area (Å²) >= 11 is 0. The number of allylic oxidation sites excluding steroid dienone is 2. The van der Waals surface area contributed by atoms with Gasteiger partial charge in [-0.2, -0.15) is 0 Å². The van der Waals surface area contributed by atoms with Crippen LogP contribution in [-0.4, -0.2) is 47.4 Å². The molecule has 0 radical (unpaired) electrons. The molecule has 0 saturated carbocycles. The molecule has 67 heavy (non-hydrogen) atoms. The number of hydrogen-bond acceptors (Lipinski definition) is 5. The zero-order chi connectivity index (χ0) is 48.6. The summed E-state index contributed by atoms with van der Waals surface area (Å²) in [5, 5.41) is 23.3. The lowest BCUT2D eigenvalue weighted by Crippen LogP contribution is -2.45. The first-order valence-electron chi connectivity index (χ1n) is 30.4. The number of aliphatic hydroxyl groups excluding tert-OH is 2. The standard InChI is InChI=1S/C61H119NO5/c1-3-5-7-9-11-13-15-17-19-21-23-27-31-35-39-43-47-51-55-61(66)67-56-52-48-44-40-36-32-28-24-26-30-34-38-42-46-50-54-60(65)62-58(57-63)59(64)53-49-45-41-37-33-29-25-22-20-18-16-14-12-10-8-6-4-2/h19,21,58-59,63-64H,3-18,20,22-57H2,1-2H3,(H,62,65)/b21-19-. The summed E-state index contributed by atoms with van der Waals surface area (Å²) in [6.45, 7) is 4.96. The molecule has 0 heterocycles. The van der Waals surface area contributed by atoms with Crippen molar-refractivity contribution < 1.29 is 24.5 Å². The van der Waals surface area contributed by atoms with Gasteiger partial charge in [0.1, 0.15) is 0 Å². The minimum absolute atomic E-state index is 0.00123. The van der Waals surface area contributed by atoms with Gasteiger partial charge < -0.3 is 20.3 Å². The summed E-state index contributed by atoms with van der Waals surface area (Å²) in [7, 11) is 0. The molecule has 6 heteroatoms. The molecule has 6 nitrogen and oxygen atoms in total. The van der Waals surface area contributed by atoms with Gasteiger partial charge in [0.05, 0.1) is 25.4 Å². The van der Waals surface area contributed by atoms with Crippen molar-refractivity contribution in [2.75, 3.05) is 13.2 Å². The van der Waals surface area contributed by atoms with E-state index in [0.29, 0.717) is 25.9 Å². The van der Waals surface area contributed by atoms with Crippen LogP contribution in [0.2, 0.25) is 0 Å². The van der Waals surface area contributed by atoms with Crippen LogP contribution in [0.5, 0.6) is 0 Å². The van der Waals surface area contributed by atoms with Crippen molar-refractivity contribution >= 4 is 11.9 Å². The molecule has 0 aliphatic rings. The quantitative estimate of drug-likeness (QED) is 0.0321. The van der Waals surface area contributed by atoms with Gasteiger partial charge in [-0.1, -0.05) is 289 Å². The Morgan fingerprint density at radius 2 is 0.701 bits per heavy atom. The predicted molar refractivity (Wildman–Crippen MR) is 292 cm³/mol. The van der Waals surface area contributed by atoms with Crippen LogP contribution in [0.3, 0.4) is 0 Å². The fraction of sp³-hybridized carbons (Fsp3) is 0.934. The number of unbranched alkanes of at least 4 members (excludes halogenated alkanes) is 44. The summed E-state index contributed by atoms with van der Waals surface area (Å²) < 4.78 is 5.49. The Morgan fingerprint density at radius 3 is 1.06 bits per heavy atom. The zero-order valence-corrected chi connectivity index (χ0v) is 45.4. The smallest absolute Gasteiger partial charge is 0.305 e. The maximum Gasteiger partial charge on any atom is 0.305 e. The number of aliphatic hydroxyl groups is 2. The van der Waals surface area contributed by atoms with Crippen molar-refractivity contribution in [1.29, 1.82) is 0 Å². The van der Waals surface area contributed by atoms with Gasteiger partial charge in [-0.15, -0.1) is 0 Å². The van der Waals surface area contributed by atoms with Gasteiger partial charge in [0.2, 0.25) is 5.91 Å². The molecule has 0 aromatic heterocycles. The number of carbonyl (C=O) groups is 2. The van der Waals surface area contributed by atoms with Crippen molar-refractivity contribution in [2.45, 2.75) is 353 Å². The van der Waals surface area contributed by atoms with Crippen molar-refractivity contribution in [2.24, 2.45) is 0 Å². The van der Waals surface area contributed by atoms with E-state index in [0.717, 1.165) is 44.9 Å². The molecule has 0 aliphatic carbocycles. The van der Waals surface area contributed by atoms with Crippen LogP contribution in [0.25, 0.3) is 0 Å². The van der Waals surface area contributed by atoms with Gasteiger partial charge in [-0.25, -0.2) is 0 Å². The minimum Gasteiger partial charge on any atom is -0.466 e. The molecule has 398 valence electrons. The summed E-state index contributed by atoms with van der Waals surface area (Å²) in [6.07, 6.45) is 67.7. The third kappa shape index (κ3) is 53.8. The molecular formula is C61H119NO5. The monoisotopic (exact) mass is 946 g/mol. The van der Waals surface area contributed by atoms with Crippen molar-refractivity contribution in [1.82, 2.24) is 5.32 Å². The third-order valence-corrected chi connectivity index (χ3v) is 14.3. The lowest BCUT2D eigenvalue weighted by molar-refractivity contribution is -0.143. The normalized spacial score (nSPS) is 12.6. The van der Waals surface area contributed by atoms with Crippen LogP contribution < -0.4 is 5.32 Å². The fourth-order valence-electron chi connectivity index (χ4n) is 9.64. The maximum atomic E-state index is 12.5. The van der Waals surface area contributed by atoms with Gasteiger partial charge in [0.25, 0.3) is 0 Å². The Kier molecular flexibility index (Phi) is 56.0. The maximum absolute atomic E-state index is 12.5. The summed E-state index contributed by atoms with van der Waals surface area (Å²) in [5.41, 5.74) is 0. The molecule has 0 bridgehead atoms. The summed E-state index contributed by atoms with van der Waals surface area (Å²) in [4.78, 5) is 24.6. The molecule has 0 aromatic carbocycles. The van der Waals surface area contributed by atoms with Crippen LogP contribution in [-0.2, 0) is 14.3 Å². The molecule has 0 spiro atoms. The van der Waals surface area contributed by atoms with Crippen LogP contribution in [0.4, 0.5) is 0 Å². The predicted octanol–water partition coefficient (Wildman–Crippen LogP) is 18.9. The average molecular weight is 947 g/mol. The molecule has 2 atom stereocenters. The second-order valence-corrected chi connectivity index (χ2v) is 21.0. The molecule has 0 aliphatic heterocycles. The SMILES string of the molecule is CCCCCCCCC/C=C\CCCCCCCCCC(=O)OCCCCCCCCCCCCCCCCCC(=O)NC(CO)C(O)CCCCCCCCCCCCCCCCCCC. The highest BCUT2D eigenvalue weighted by molar-refractivity contribution is 5.76. The number of rotatable bonds is 57. The van der Waals surface area contributed by atoms with Crippen molar-refractivity contribution in [3.8, 4) is 0 Å². The number of amides is 1. The molecule has 0 saturated heterocycles. The first-order chi connectivity index (χ1) is 33.0. The fourth-order valence-corrected chi connectivity index (χ4v) is 9.64. The highest BCUT2D eigenvalue weighted by Gasteiger charge is 2.20. The van der Waals surface area contributed by atoms with E-state index in [1.807, 2.05) is 0 Å². The van der Waals surface area contributed by atoms with Crippen LogP contribution in [0, 0.1) is 0 Å². The molecule has 0 fully saturated rings. The van der Waals surface area contributed by atoms with Crippen LogP contribution in [0.1, 0.15) is 341 Å². The number of nitrogens with one attached hydrogen (secondary N) is 1. The van der Waals surface area contributed by atoms with E-state index in [9.17, 15) is 19.8 Å². The van der Waals surface area contributed by atoms with Crippen molar-refractivity contribution in [3.05, 3.63) is 12.2 Å². The number of ether oxygens (including phenoxy) is 1. The topological polar surface area (TPSA) is 95.9 Å². The van der Waals surface area contributed by atoms with Gasteiger partial charge in [-0.3, -0.25) is 9.59 Å². The van der Waals surface area contributed by atoms with Gasteiger partial charge in [0.15, 0.2) is 0 Å². The van der Waals surface area contributed by atoms with Crippen molar-refractivity contribution in [3.63, 3.8) is 0 Å². The third-order valence-electron chi connectivity index (χ3n) is 14.3. The largest absolute Gasteiger partial charge is 0.466 e. The zero-order valence-electron chi connectivity index (χ0n) is 45.4. The number of carbonyl (C=O) groups excluding carboxylic acids is 2. The first kappa shape index (κ1) is 65.6. The van der Waals surface area contributed by atoms with Crippen LogP contribution >= 0.6 is 0 Å². The molecule has 2 unspecified atom stereocenters. The molecule has 1 amide bonds. The molecule has 0 aromatic rings. The Bertz CT molecular complexity index is 1000. The van der Waals surface area contributed by atoms with E-state index in [2.05, 4.69) is 31.3 Å². The molecular weight excluding hydrogens is 827 g/mol. The van der Waals surface area contributed by atoms with E-state index in [-0.39, 0.29) is 18.5 Å². The second-order valence-electron chi connectivity index (χ2n) is 21.0. The lowest BCUT2D eigenvalue weighted by Gasteiger charge is -2.22. The highest BCUT2D eigenvalue weighted by Crippen LogP contribution is 2.18. The Hall–Kier alpha value is -1.40. The van der Waals surface area contributed by atoms with Crippen LogP contribution in [0.15, 0.2) is 12.2 Å². The molecule has 0 rings (SSSR count). The van der Waals surface area contributed by atoms with E-state index in [1.54, 1.807) is 0 Å². The van der Waals surface area contributed by atoms with Gasteiger partial charge >= 0.3 is 5.97 Å². The Morgan fingerprint density at radius 1 is 0.403 bits per heavy atom. The average Bonchev–Trinajstić information content (AvgIpc) is 3.33. The second kappa shape index (κ2) is 57.2. The minimum atomic E-state index is -0.670. The molecule has 3 N–H and O–H groups in total. The van der Waals surface area contributed by atoms with Gasteiger partial charge in [-0.05, 0) is 51.4 Å². The lowest BCUT2D eigenvalue weighted by atomic mass is 10.0. The number of hydrogen-bond donors (Lipinski definition) is 3. The first-order valence-corrected chi connectivity index (χ1v) is 30.4. The number of esters is 1. The highest BCUT2D eigenvalue weighted by atomic mass is 16.5. The van der Waals surface area contributed by atoms with Gasteiger partial charge in [0, 0.05) is 12.8 Å². The van der Waals surface area contributed by atoms with E-state index < -0.39 is 12.1 Å².